The lowest BCUT2D eigenvalue weighted by atomic mass is 9.83. The van der Waals surface area contributed by atoms with E-state index in [0.717, 1.165) is 22.9 Å². The van der Waals surface area contributed by atoms with Gasteiger partial charge in [0.15, 0.2) is 0 Å². The summed E-state index contributed by atoms with van der Waals surface area (Å²) in [5.74, 6) is -0.193. The first-order valence-corrected chi connectivity index (χ1v) is 6.75. The van der Waals surface area contributed by atoms with E-state index >= 15 is 0 Å². The van der Waals surface area contributed by atoms with Crippen LogP contribution in [0.25, 0.3) is 0 Å². The molecule has 0 saturated heterocycles. The molecule has 1 N–H and O–H groups in total. The van der Waals surface area contributed by atoms with Gasteiger partial charge in [-0.3, -0.25) is 0 Å². The number of rotatable bonds is 4. The van der Waals surface area contributed by atoms with E-state index in [-0.39, 0.29) is 11.2 Å². The Morgan fingerprint density at radius 2 is 2.00 bits per heavy atom. The van der Waals surface area contributed by atoms with Gasteiger partial charge < -0.3 is 5.32 Å². The molecule has 0 bridgehead atoms. The Morgan fingerprint density at radius 3 is 2.47 bits per heavy atom. The number of halogens is 2. The summed E-state index contributed by atoms with van der Waals surface area (Å²) < 4.78 is 13.8. The van der Waals surface area contributed by atoms with Crippen molar-refractivity contribution in [2.75, 3.05) is 7.05 Å². The van der Waals surface area contributed by atoms with Gasteiger partial charge in [-0.2, -0.15) is 0 Å². The third kappa shape index (κ3) is 4.40. The molecule has 1 aromatic rings. The van der Waals surface area contributed by atoms with Crippen LogP contribution in [0.2, 0.25) is 0 Å². The quantitative estimate of drug-likeness (QED) is 0.881. The topological polar surface area (TPSA) is 12.0 Å². The van der Waals surface area contributed by atoms with E-state index < -0.39 is 0 Å². The molecule has 0 aliphatic rings. The third-order valence-corrected chi connectivity index (χ3v) is 3.85. The molecular formula is C14H21BrFN. The molecule has 0 aromatic heterocycles. The normalized spacial score (nSPS) is 13.8. The highest BCUT2D eigenvalue weighted by Crippen LogP contribution is 2.25. The molecule has 0 heterocycles. The fourth-order valence-electron chi connectivity index (χ4n) is 2.03. The summed E-state index contributed by atoms with van der Waals surface area (Å²) >= 11 is 3.41. The monoisotopic (exact) mass is 301 g/mol. The number of aryl methyl sites for hydroxylation is 1. The predicted molar refractivity (Wildman–Crippen MR) is 74.7 cm³/mol. The smallest absolute Gasteiger partial charge is 0.124 e. The molecule has 0 radical (unpaired) electrons. The molecule has 0 aliphatic heterocycles. The molecule has 0 spiro atoms. The highest BCUT2D eigenvalue weighted by atomic mass is 79.9. The molecule has 96 valence electrons. The summed E-state index contributed by atoms with van der Waals surface area (Å²) in [6.07, 6.45) is 1.99. The lowest BCUT2D eigenvalue weighted by molar-refractivity contribution is 0.268. The second-order valence-electron chi connectivity index (χ2n) is 5.48. The van der Waals surface area contributed by atoms with E-state index in [9.17, 15) is 4.39 Å². The van der Waals surface area contributed by atoms with Crippen molar-refractivity contribution in [2.24, 2.45) is 5.41 Å². The standard InChI is InChI=1S/C14H21BrFN/c1-14(2,3)13(17-4)8-6-10-5-7-11(16)9-12(10)15/h5,7,9,13,17H,6,8H2,1-4H3. The van der Waals surface area contributed by atoms with Gasteiger partial charge in [-0.25, -0.2) is 4.39 Å². The van der Waals surface area contributed by atoms with E-state index in [4.69, 9.17) is 0 Å². The number of hydrogen-bond donors (Lipinski definition) is 1. The molecule has 3 heteroatoms. The van der Waals surface area contributed by atoms with Crippen molar-refractivity contribution in [2.45, 2.75) is 39.7 Å². The molecule has 17 heavy (non-hydrogen) atoms. The molecule has 0 aliphatic carbocycles. The van der Waals surface area contributed by atoms with Gasteiger partial charge in [0.1, 0.15) is 5.82 Å². The second-order valence-corrected chi connectivity index (χ2v) is 6.34. The molecule has 0 amide bonds. The Morgan fingerprint density at radius 1 is 1.35 bits per heavy atom. The summed E-state index contributed by atoms with van der Waals surface area (Å²) in [7, 11) is 2.00. The zero-order valence-corrected chi connectivity index (χ0v) is 12.6. The summed E-state index contributed by atoms with van der Waals surface area (Å²) in [4.78, 5) is 0. The van der Waals surface area contributed by atoms with Gasteiger partial charge in [0.2, 0.25) is 0 Å². The SMILES string of the molecule is CNC(CCc1ccc(F)cc1Br)C(C)(C)C. The highest BCUT2D eigenvalue weighted by Gasteiger charge is 2.22. The summed E-state index contributed by atoms with van der Waals surface area (Å²) in [5.41, 5.74) is 1.40. The number of benzene rings is 1. The molecule has 1 unspecified atom stereocenters. The number of nitrogens with one attached hydrogen (secondary N) is 1. The molecule has 0 fully saturated rings. The molecule has 0 saturated carbocycles. The summed E-state index contributed by atoms with van der Waals surface area (Å²) in [6.45, 7) is 6.69. The van der Waals surface area contributed by atoms with Gasteiger partial charge in [-0.15, -0.1) is 0 Å². The van der Waals surface area contributed by atoms with E-state index in [1.807, 2.05) is 13.1 Å². The van der Waals surface area contributed by atoms with Crippen LogP contribution < -0.4 is 5.32 Å². The maximum Gasteiger partial charge on any atom is 0.124 e. The van der Waals surface area contributed by atoms with E-state index in [1.54, 1.807) is 0 Å². The zero-order chi connectivity index (χ0) is 13.1. The van der Waals surface area contributed by atoms with Crippen molar-refractivity contribution in [1.29, 1.82) is 0 Å². The van der Waals surface area contributed by atoms with E-state index in [1.165, 1.54) is 12.1 Å². The fraction of sp³-hybridized carbons (Fsp3) is 0.571. The Bertz CT molecular complexity index is 371. The maximum atomic E-state index is 13.0. The molecular weight excluding hydrogens is 281 g/mol. The number of hydrogen-bond acceptors (Lipinski definition) is 1. The van der Waals surface area contributed by atoms with Crippen LogP contribution in [0.1, 0.15) is 32.8 Å². The van der Waals surface area contributed by atoms with Crippen LogP contribution >= 0.6 is 15.9 Å². The van der Waals surface area contributed by atoms with Crippen LogP contribution in [0, 0.1) is 11.2 Å². The van der Waals surface area contributed by atoms with Crippen molar-refractivity contribution in [3.63, 3.8) is 0 Å². The molecule has 1 nitrogen and oxygen atoms in total. The third-order valence-electron chi connectivity index (χ3n) is 3.11. The largest absolute Gasteiger partial charge is 0.316 e. The van der Waals surface area contributed by atoms with Crippen LogP contribution in [0.5, 0.6) is 0 Å². The zero-order valence-electron chi connectivity index (χ0n) is 11.0. The Kier molecular flexibility index (Phi) is 5.14. The lowest BCUT2D eigenvalue weighted by Crippen LogP contribution is -2.38. The van der Waals surface area contributed by atoms with Crippen LogP contribution in [0.4, 0.5) is 4.39 Å². The van der Waals surface area contributed by atoms with Crippen molar-refractivity contribution < 1.29 is 4.39 Å². The van der Waals surface area contributed by atoms with Crippen LogP contribution in [0.15, 0.2) is 22.7 Å². The van der Waals surface area contributed by atoms with E-state index in [0.29, 0.717) is 6.04 Å². The van der Waals surface area contributed by atoms with Gasteiger partial charge in [0, 0.05) is 10.5 Å². The van der Waals surface area contributed by atoms with Crippen LogP contribution in [-0.2, 0) is 6.42 Å². The minimum atomic E-state index is -0.193. The van der Waals surface area contributed by atoms with Gasteiger partial charge in [-0.1, -0.05) is 42.8 Å². The van der Waals surface area contributed by atoms with Gasteiger partial charge in [0.25, 0.3) is 0 Å². The molecule has 1 atom stereocenters. The predicted octanol–water partition coefficient (Wildman–Crippen LogP) is 4.15. The van der Waals surface area contributed by atoms with Crippen molar-refractivity contribution >= 4 is 15.9 Å². The Labute approximate surface area is 112 Å². The first kappa shape index (κ1) is 14.7. The van der Waals surface area contributed by atoms with Crippen LogP contribution in [0.3, 0.4) is 0 Å². The van der Waals surface area contributed by atoms with Gasteiger partial charge >= 0.3 is 0 Å². The summed E-state index contributed by atoms with van der Waals surface area (Å²) in [5, 5.41) is 3.35. The lowest BCUT2D eigenvalue weighted by Gasteiger charge is -2.30. The average molecular weight is 302 g/mol. The van der Waals surface area contributed by atoms with Gasteiger partial charge in [-0.05, 0) is 43.0 Å². The van der Waals surface area contributed by atoms with Crippen molar-refractivity contribution in [3.05, 3.63) is 34.1 Å². The van der Waals surface area contributed by atoms with Crippen LogP contribution in [-0.4, -0.2) is 13.1 Å². The first-order valence-electron chi connectivity index (χ1n) is 5.96. The fourth-order valence-corrected chi connectivity index (χ4v) is 2.58. The summed E-state index contributed by atoms with van der Waals surface area (Å²) in [6, 6.07) is 5.36. The highest BCUT2D eigenvalue weighted by molar-refractivity contribution is 9.10. The van der Waals surface area contributed by atoms with Crippen molar-refractivity contribution in [3.8, 4) is 0 Å². The Balaban J connectivity index is 2.66. The Hall–Kier alpha value is -0.410. The minimum Gasteiger partial charge on any atom is -0.316 e. The second kappa shape index (κ2) is 5.96. The minimum absolute atomic E-state index is 0.193. The average Bonchev–Trinajstić information content (AvgIpc) is 2.19. The maximum absolute atomic E-state index is 13.0. The van der Waals surface area contributed by atoms with Crippen molar-refractivity contribution in [1.82, 2.24) is 5.32 Å². The molecule has 1 aromatic carbocycles. The van der Waals surface area contributed by atoms with Gasteiger partial charge in [0.05, 0.1) is 0 Å². The molecule has 1 rings (SSSR count). The van der Waals surface area contributed by atoms with E-state index in [2.05, 4.69) is 42.0 Å². The first-order chi connectivity index (χ1) is 7.84.